The summed E-state index contributed by atoms with van der Waals surface area (Å²) in [5.74, 6) is 2.73. The minimum atomic E-state index is -2.15. The second-order valence-electron chi connectivity index (χ2n) is 9.76. The number of hydrogen-bond donors (Lipinski definition) is 0. The van der Waals surface area contributed by atoms with Crippen LogP contribution in [0, 0.1) is 0 Å². The summed E-state index contributed by atoms with van der Waals surface area (Å²) in [5.41, 5.74) is 3.49. The van der Waals surface area contributed by atoms with Crippen LogP contribution in [0.1, 0.15) is 47.8 Å². The van der Waals surface area contributed by atoms with Gasteiger partial charge >= 0.3 is 0 Å². The predicted molar refractivity (Wildman–Crippen MR) is 137 cm³/mol. The Morgan fingerprint density at radius 1 is 1.00 bits per heavy atom. The molecule has 1 heterocycles. The van der Waals surface area contributed by atoms with E-state index in [1.54, 1.807) is 21.3 Å². The number of benzene rings is 2. The second kappa shape index (κ2) is 9.58. The third kappa shape index (κ3) is 4.87. The molecule has 0 aromatic heterocycles. The van der Waals surface area contributed by atoms with Crippen LogP contribution >= 0.6 is 15.9 Å². The zero-order chi connectivity index (χ0) is 24.6. The van der Waals surface area contributed by atoms with Crippen molar-refractivity contribution >= 4 is 30.2 Å². The molecule has 0 saturated carbocycles. The molecule has 2 aromatic rings. The van der Waals surface area contributed by atoms with Crippen molar-refractivity contribution in [2.75, 3.05) is 21.3 Å². The molecule has 1 aliphatic heterocycles. The number of methoxy groups -OCH3 is 3. The van der Waals surface area contributed by atoms with Gasteiger partial charge in [-0.1, -0.05) is 42.8 Å². The maximum atomic E-state index is 13.4. The number of alkyl halides is 1. The molecule has 0 aliphatic carbocycles. The van der Waals surface area contributed by atoms with Gasteiger partial charge in [-0.05, 0) is 41.9 Å². The lowest BCUT2D eigenvalue weighted by atomic mass is 10.0. The largest absolute Gasteiger partial charge is 0.543 e. The number of nitrogens with zero attached hydrogens (tertiary/aromatic N) is 1. The highest BCUT2D eigenvalue weighted by Gasteiger charge is 2.42. The van der Waals surface area contributed by atoms with Crippen LogP contribution < -0.4 is 18.6 Å². The van der Waals surface area contributed by atoms with Gasteiger partial charge < -0.3 is 23.5 Å². The molecule has 0 fully saturated rings. The Labute approximate surface area is 206 Å². The van der Waals surface area contributed by atoms with Crippen LogP contribution in [0.4, 0.5) is 0 Å². The van der Waals surface area contributed by atoms with Crippen molar-refractivity contribution in [3.8, 4) is 23.0 Å². The smallest absolute Gasteiger partial charge is 0.255 e. The predicted octanol–water partition coefficient (Wildman–Crippen LogP) is 6.15. The van der Waals surface area contributed by atoms with Crippen LogP contribution in [-0.4, -0.2) is 40.5 Å². The third-order valence-electron chi connectivity index (χ3n) is 6.65. The fourth-order valence-corrected chi connectivity index (χ4v) is 5.26. The first kappa shape index (κ1) is 25.4. The zero-order valence-corrected chi connectivity index (χ0v) is 23.4. The van der Waals surface area contributed by atoms with Crippen molar-refractivity contribution in [3.05, 3.63) is 46.5 Å². The van der Waals surface area contributed by atoms with Crippen molar-refractivity contribution in [1.29, 1.82) is 0 Å². The van der Waals surface area contributed by atoms with E-state index >= 15 is 0 Å². The maximum Gasteiger partial charge on any atom is 0.255 e. The first-order valence-corrected chi connectivity index (χ1v) is 15.0. The monoisotopic (exact) mass is 535 g/mol. The molecule has 0 saturated heterocycles. The van der Waals surface area contributed by atoms with Crippen LogP contribution in [0.25, 0.3) is 0 Å². The van der Waals surface area contributed by atoms with Crippen molar-refractivity contribution in [3.63, 3.8) is 0 Å². The lowest BCUT2D eigenvalue weighted by Gasteiger charge is -2.37. The third-order valence-corrected chi connectivity index (χ3v) is 11.5. The van der Waals surface area contributed by atoms with Gasteiger partial charge in [0.15, 0.2) is 11.5 Å². The van der Waals surface area contributed by atoms with Gasteiger partial charge in [0, 0.05) is 23.0 Å². The fourth-order valence-electron chi connectivity index (χ4n) is 3.67. The van der Waals surface area contributed by atoms with E-state index in [0.717, 1.165) is 22.4 Å². The minimum Gasteiger partial charge on any atom is -0.543 e. The number of carbonyl (C=O) groups excluding carboxylic acids is 1. The topological polar surface area (TPSA) is 57.2 Å². The Kier molecular flexibility index (Phi) is 7.38. The van der Waals surface area contributed by atoms with E-state index in [-0.39, 0.29) is 10.9 Å². The molecule has 3 rings (SSSR count). The molecular weight excluding hydrogens is 502 g/mol. The molecule has 1 aliphatic rings. The van der Waals surface area contributed by atoms with Gasteiger partial charge in [-0.15, -0.1) is 0 Å². The summed E-state index contributed by atoms with van der Waals surface area (Å²) in [6, 6.07) is 7.57. The van der Waals surface area contributed by atoms with Gasteiger partial charge in [0.2, 0.25) is 0 Å². The molecule has 6 nitrogen and oxygen atoms in total. The molecule has 0 radical (unpaired) electrons. The Morgan fingerprint density at radius 2 is 1.64 bits per heavy atom. The van der Waals surface area contributed by atoms with E-state index in [4.69, 9.17) is 18.6 Å². The van der Waals surface area contributed by atoms with E-state index in [1.165, 1.54) is 0 Å². The highest BCUT2D eigenvalue weighted by Crippen LogP contribution is 2.45. The van der Waals surface area contributed by atoms with E-state index in [1.807, 2.05) is 29.2 Å². The summed E-state index contributed by atoms with van der Waals surface area (Å²) in [7, 11) is 2.70. The summed E-state index contributed by atoms with van der Waals surface area (Å²) >= 11 is 3.61. The average molecular weight is 537 g/mol. The molecule has 1 amide bonds. The molecular formula is C25H34BrNO5Si. The molecule has 0 bridgehead atoms. The first-order valence-electron chi connectivity index (χ1n) is 10.9. The molecule has 0 N–H and O–H groups in total. The van der Waals surface area contributed by atoms with Gasteiger partial charge in [0.1, 0.15) is 11.5 Å². The lowest BCUT2D eigenvalue weighted by molar-refractivity contribution is 0.0766. The van der Waals surface area contributed by atoms with Crippen LogP contribution in [0.2, 0.25) is 18.1 Å². The average Bonchev–Trinajstić information content (AvgIpc) is 3.07. The molecule has 33 heavy (non-hydrogen) atoms. The minimum absolute atomic E-state index is 0.0223. The summed E-state index contributed by atoms with van der Waals surface area (Å²) in [4.78, 5) is 15.3. The summed E-state index contributed by atoms with van der Waals surface area (Å²) in [6.07, 6.45) is 0. The van der Waals surface area contributed by atoms with Crippen LogP contribution in [-0.2, 0) is 18.4 Å². The molecule has 0 unspecified atom stereocenters. The van der Waals surface area contributed by atoms with Crippen molar-refractivity contribution < 1.29 is 23.4 Å². The normalized spacial score (nSPS) is 13.7. The Morgan fingerprint density at radius 3 is 2.18 bits per heavy atom. The fraction of sp³-hybridized carbons (Fsp3) is 0.480. The lowest BCUT2D eigenvalue weighted by Crippen LogP contribution is -2.44. The van der Waals surface area contributed by atoms with Crippen molar-refractivity contribution in [2.45, 2.75) is 57.3 Å². The Bertz CT molecular complexity index is 1050. The number of hydrogen-bond acceptors (Lipinski definition) is 5. The second-order valence-corrected chi connectivity index (χ2v) is 15.0. The highest BCUT2D eigenvalue weighted by atomic mass is 79.9. The van der Waals surface area contributed by atoms with Crippen LogP contribution in [0.3, 0.4) is 0 Å². The Balaban J connectivity index is 2.02. The van der Waals surface area contributed by atoms with Gasteiger partial charge in [-0.25, -0.2) is 0 Å². The molecule has 0 spiro atoms. The van der Waals surface area contributed by atoms with E-state index < -0.39 is 8.32 Å². The summed E-state index contributed by atoms with van der Waals surface area (Å²) in [6.45, 7) is 12.0. The number of carbonyl (C=O) groups is 1. The van der Waals surface area contributed by atoms with E-state index in [9.17, 15) is 4.79 Å². The van der Waals surface area contributed by atoms with E-state index in [2.05, 4.69) is 49.8 Å². The summed E-state index contributed by atoms with van der Waals surface area (Å²) in [5, 5.41) is 0.603. The van der Waals surface area contributed by atoms with Crippen LogP contribution in [0.5, 0.6) is 23.0 Å². The molecule has 0 atom stereocenters. The maximum absolute atomic E-state index is 13.4. The standard InChI is InChI=1S/C25H34BrNO5Si/c1-25(2,3)33(7,8)32-23-18(13-26)21(30-5)12-17-19(23)15-27(24(17)28)14-16-9-10-20(29-4)22(11-16)31-6/h9-12H,13-15H2,1-8H3. The first-order chi connectivity index (χ1) is 15.5. The quantitative estimate of drug-likeness (QED) is 0.299. The number of halogens is 1. The zero-order valence-electron chi connectivity index (χ0n) is 20.8. The van der Waals surface area contributed by atoms with Crippen LogP contribution in [0.15, 0.2) is 24.3 Å². The molecule has 8 heteroatoms. The van der Waals surface area contributed by atoms with Crippen molar-refractivity contribution in [2.24, 2.45) is 0 Å². The Hall–Kier alpha value is -2.19. The number of amides is 1. The highest BCUT2D eigenvalue weighted by molar-refractivity contribution is 9.08. The number of fused-ring (bicyclic) bond motifs is 1. The van der Waals surface area contributed by atoms with Gasteiger partial charge in [0.25, 0.3) is 14.2 Å². The number of rotatable bonds is 8. The summed E-state index contributed by atoms with van der Waals surface area (Å²) < 4.78 is 23.2. The molecule has 2 aromatic carbocycles. The van der Waals surface area contributed by atoms with Gasteiger partial charge in [0.05, 0.1) is 33.4 Å². The van der Waals surface area contributed by atoms with Gasteiger partial charge in [-0.3, -0.25) is 4.79 Å². The van der Waals surface area contributed by atoms with E-state index in [0.29, 0.717) is 41.2 Å². The van der Waals surface area contributed by atoms with Gasteiger partial charge in [-0.2, -0.15) is 0 Å². The SMILES string of the molecule is COc1ccc(CN2Cc3c(cc(OC)c(CBr)c3O[Si](C)(C)C(C)(C)C)C2=O)cc1OC. The number of ether oxygens (including phenoxy) is 3. The van der Waals surface area contributed by atoms with Crippen molar-refractivity contribution in [1.82, 2.24) is 4.90 Å². The molecule has 180 valence electrons.